The zero-order valence-electron chi connectivity index (χ0n) is 15.5. The number of carbonyl (C=O) groups excluding carboxylic acids is 2. The van der Waals surface area contributed by atoms with E-state index in [4.69, 9.17) is 9.47 Å². The smallest absolute Gasteiger partial charge is 0.272 e. The number of carbonyl (C=O) groups is 2. The number of methoxy groups -OCH3 is 1. The Labute approximate surface area is 154 Å². The molecule has 142 valence electrons. The SMILES string of the molecule is COCC(=O)N(C1CCOCC1)C1CCN(C(=O)c2ncccc2C)C1. The van der Waals surface area contributed by atoms with E-state index in [0.29, 0.717) is 32.0 Å². The van der Waals surface area contributed by atoms with Gasteiger partial charge in [0, 0.05) is 45.7 Å². The Morgan fingerprint density at radius 1 is 1.31 bits per heavy atom. The number of aryl methyl sites for hydroxylation is 1. The Balaban J connectivity index is 1.72. The van der Waals surface area contributed by atoms with Crippen molar-refractivity contribution in [1.82, 2.24) is 14.8 Å². The minimum atomic E-state index is -0.0586. The number of nitrogens with zero attached hydrogens (tertiary/aromatic N) is 3. The van der Waals surface area contributed by atoms with E-state index in [1.165, 1.54) is 7.11 Å². The van der Waals surface area contributed by atoms with Crippen LogP contribution in [0.4, 0.5) is 0 Å². The van der Waals surface area contributed by atoms with Crippen molar-refractivity contribution < 1.29 is 19.1 Å². The van der Waals surface area contributed by atoms with Gasteiger partial charge in [-0.05, 0) is 37.8 Å². The number of hydrogen-bond acceptors (Lipinski definition) is 5. The highest BCUT2D eigenvalue weighted by Gasteiger charge is 2.37. The molecule has 1 atom stereocenters. The Bertz CT molecular complexity index is 645. The molecule has 0 spiro atoms. The molecule has 0 aliphatic carbocycles. The van der Waals surface area contributed by atoms with Crippen LogP contribution in [0.2, 0.25) is 0 Å². The number of ether oxygens (including phenoxy) is 2. The van der Waals surface area contributed by atoms with Crippen LogP contribution in [0.1, 0.15) is 35.3 Å². The molecule has 1 aromatic heterocycles. The first kappa shape index (κ1) is 18.8. The fourth-order valence-corrected chi connectivity index (χ4v) is 3.88. The molecule has 7 nitrogen and oxygen atoms in total. The van der Waals surface area contributed by atoms with Crippen molar-refractivity contribution >= 4 is 11.8 Å². The van der Waals surface area contributed by atoms with Gasteiger partial charge in [-0.1, -0.05) is 6.07 Å². The molecule has 2 aliphatic heterocycles. The summed E-state index contributed by atoms with van der Waals surface area (Å²) in [5.74, 6) is -0.0653. The second-order valence-electron chi connectivity index (χ2n) is 6.94. The van der Waals surface area contributed by atoms with Gasteiger partial charge < -0.3 is 19.3 Å². The highest BCUT2D eigenvalue weighted by atomic mass is 16.5. The lowest BCUT2D eigenvalue weighted by molar-refractivity contribution is -0.142. The van der Waals surface area contributed by atoms with Crippen LogP contribution in [-0.2, 0) is 14.3 Å². The van der Waals surface area contributed by atoms with Crippen molar-refractivity contribution in [1.29, 1.82) is 0 Å². The maximum atomic E-state index is 12.8. The topological polar surface area (TPSA) is 72.0 Å². The van der Waals surface area contributed by atoms with Gasteiger partial charge in [0.15, 0.2) is 0 Å². The van der Waals surface area contributed by atoms with E-state index in [1.54, 1.807) is 6.20 Å². The van der Waals surface area contributed by atoms with Gasteiger partial charge in [-0.3, -0.25) is 14.6 Å². The highest BCUT2D eigenvalue weighted by Crippen LogP contribution is 2.25. The molecule has 2 amide bonds. The van der Waals surface area contributed by atoms with Crippen molar-refractivity contribution in [3.8, 4) is 0 Å². The number of amides is 2. The summed E-state index contributed by atoms with van der Waals surface area (Å²) in [4.78, 5) is 33.5. The van der Waals surface area contributed by atoms with Crippen LogP contribution in [0.25, 0.3) is 0 Å². The third-order valence-corrected chi connectivity index (χ3v) is 5.20. The second-order valence-corrected chi connectivity index (χ2v) is 6.94. The van der Waals surface area contributed by atoms with Gasteiger partial charge >= 0.3 is 0 Å². The molecule has 0 aromatic carbocycles. The van der Waals surface area contributed by atoms with E-state index in [0.717, 1.165) is 24.8 Å². The van der Waals surface area contributed by atoms with E-state index in [1.807, 2.05) is 28.9 Å². The molecule has 3 heterocycles. The Morgan fingerprint density at radius 2 is 2.08 bits per heavy atom. The molecule has 7 heteroatoms. The van der Waals surface area contributed by atoms with Gasteiger partial charge in [0.1, 0.15) is 12.3 Å². The highest BCUT2D eigenvalue weighted by molar-refractivity contribution is 5.94. The first-order chi connectivity index (χ1) is 12.6. The number of pyridine rings is 1. The molecule has 0 radical (unpaired) electrons. The predicted octanol–water partition coefficient (Wildman–Crippen LogP) is 1.26. The van der Waals surface area contributed by atoms with Crippen LogP contribution in [0, 0.1) is 6.92 Å². The largest absolute Gasteiger partial charge is 0.381 e. The first-order valence-corrected chi connectivity index (χ1v) is 9.20. The Morgan fingerprint density at radius 3 is 2.77 bits per heavy atom. The van der Waals surface area contributed by atoms with E-state index < -0.39 is 0 Å². The molecule has 1 unspecified atom stereocenters. The van der Waals surface area contributed by atoms with Gasteiger partial charge in [-0.15, -0.1) is 0 Å². The molecular formula is C19H27N3O4. The fourth-order valence-electron chi connectivity index (χ4n) is 3.88. The minimum absolute atomic E-state index is 0.00674. The van der Waals surface area contributed by atoms with Gasteiger partial charge in [0.25, 0.3) is 5.91 Å². The molecule has 2 fully saturated rings. The molecule has 0 N–H and O–H groups in total. The zero-order chi connectivity index (χ0) is 18.5. The third kappa shape index (κ3) is 4.04. The summed E-state index contributed by atoms with van der Waals surface area (Å²) in [5.41, 5.74) is 1.37. The maximum Gasteiger partial charge on any atom is 0.272 e. The van der Waals surface area contributed by atoms with Crippen LogP contribution >= 0.6 is 0 Å². The van der Waals surface area contributed by atoms with Gasteiger partial charge in [0.2, 0.25) is 5.91 Å². The van der Waals surface area contributed by atoms with Crippen LogP contribution < -0.4 is 0 Å². The maximum absolute atomic E-state index is 12.8. The number of aromatic nitrogens is 1. The van der Waals surface area contributed by atoms with Crippen molar-refractivity contribution in [3.63, 3.8) is 0 Å². The molecule has 3 rings (SSSR count). The average Bonchev–Trinajstić information content (AvgIpc) is 3.12. The first-order valence-electron chi connectivity index (χ1n) is 9.20. The van der Waals surface area contributed by atoms with Crippen molar-refractivity contribution in [2.75, 3.05) is 40.0 Å². The van der Waals surface area contributed by atoms with Crippen LogP contribution in [0.15, 0.2) is 18.3 Å². The molecule has 0 bridgehead atoms. The molecule has 1 aromatic rings. The lowest BCUT2D eigenvalue weighted by atomic mass is 10.0. The summed E-state index contributed by atoms with van der Waals surface area (Å²) in [6.07, 6.45) is 4.09. The van der Waals surface area contributed by atoms with Gasteiger partial charge in [0.05, 0.1) is 6.04 Å². The average molecular weight is 361 g/mol. The van der Waals surface area contributed by atoms with Crippen molar-refractivity contribution in [2.45, 2.75) is 38.3 Å². The third-order valence-electron chi connectivity index (χ3n) is 5.20. The van der Waals surface area contributed by atoms with Crippen LogP contribution in [0.3, 0.4) is 0 Å². The Hall–Kier alpha value is -1.99. The second kappa shape index (κ2) is 8.60. The summed E-state index contributed by atoms with van der Waals surface area (Å²) < 4.78 is 10.5. The zero-order valence-corrected chi connectivity index (χ0v) is 15.5. The molecule has 2 saturated heterocycles. The number of rotatable bonds is 5. The van der Waals surface area contributed by atoms with Crippen LogP contribution in [-0.4, -0.2) is 78.7 Å². The number of likely N-dealkylation sites (tertiary alicyclic amines) is 1. The normalized spacial score (nSPS) is 21.0. The molecule has 26 heavy (non-hydrogen) atoms. The fraction of sp³-hybridized carbons (Fsp3) is 0.632. The van der Waals surface area contributed by atoms with Crippen LogP contribution in [0.5, 0.6) is 0 Å². The molecule has 2 aliphatic rings. The summed E-state index contributed by atoms with van der Waals surface area (Å²) in [5, 5.41) is 0. The summed E-state index contributed by atoms with van der Waals surface area (Å²) in [6, 6.07) is 3.90. The monoisotopic (exact) mass is 361 g/mol. The van der Waals surface area contributed by atoms with E-state index in [-0.39, 0.29) is 30.5 Å². The lowest BCUT2D eigenvalue weighted by Gasteiger charge is -2.38. The quantitative estimate of drug-likeness (QED) is 0.789. The van der Waals surface area contributed by atoms with E-state index >= 15 is 0 Å². The summed E-state index contributed by atoms with van der Waals surface area (Å²) in [6.45, 7) is 4.49. The van der Waals surface area contributed by atoms with Gasteiger partial charge in [-0.25, -0.2) is 0 Å². The Kier molecular flexibility index (Phi) is 6.21. The molecule has 0 saturated carbocycles. The number of hydrogen-bond donors (Lipinski definition) is 0. The van der Waals surface area contributed by atoms with E-state index in [9.17, 15) is 9.59 Å². The van der Waals surface area contributed by atoms with Crippen molar-refractivity contribution in [2.24, 2.45) is 0 Å². The summed E-state index contributed by atoms with van der Waals surface area (Å²) in [7, 11) is 1.54. The molecular weight excluding hydrogens is 334 g/mol. The van der Waals surface area contributed by atoms with Crippen molar-refractivity contribution in [3.05, 3.63) is 29.6 Å². The minimum Gasteiger partial charge on any atom is -0.381 e. The summed E-state index contributed by atoms with van der Waals surface area (Å²) >= 11 is 0. The van der Waals surface area contributed by atoms with E-state index in [2.05, 4.69) is 4.98 Å². The van der Waals surface area contributed by atoms with Gasteiger partial charge in [-0.2, -0.15) is 0 Å². The standard InChI is InChI=1S/C19H27N3O4/c1-14-4-3-8-20-18(14)19(24)21-9-5-16(12-21)22(17(23)13-25-2)15-6-10-26-11-7-15/h3-4,8,15-16H,5-7,9-13H2,1-2H3. The predicted molar refractivity (Wildman–Crippen MR) is 95.8 cm³/mol. The lowest BCUT2D eigenvalue weighted by Crippen LogP contribution is -2.51.